The van der Waals surface area contributed by atoms with Crippen LogP contribution in [0.2, 0.25) is 5.02 Å². The topological polar surface area (TPSA) is 87.7 Å². The predicted molar refractivity (Wildman–Crippen MR) is 75.0 cm³/mol. The summed E-state index contributed by atoms with van der Waals surface area (Å²) in [6.07, 6.45) is 0. The fourth-order valence-corrected chi connectivity index (χ4v) is 1.89. The number of benzene rings is 1. The first-order valence-corrected chi connectivity index (χ1v) is 6.20. The number of oxime groups is 1. The van der Waals surface area contributed by atoms with Gasteiger partial charge in [-0.2, -0.15) is 0 Å². The molecule has 0 radical (unpaired) electrons. The number of carbonyl (C=O) groups excluding carboxylic acids is 1. The molecule has 0 aliphatic rings. The Morgan fingerprint density at radius 1 is 1.56 bits per heavy atom. The minimum Gasteiger partial charge on any atom is -0.409 e. The van der Waals surface area contributed by atoms with Gasteiger partial charge in [0.1, 0.15) is 5.41 Å². The lowest BCUT2D eigenvalue weighted by molar-refractivity contribution is -0.121. The molecule has 0 bridgehead atoms. The molecule has 0 atom stereocenters. The van der Waals surface area contributed by atoms with Crippen LogP contribution in [-0.2, 0) is 4.79 Å². The van der Waals surface area contributed by atoms with Gasteiger partial charge in [-0.05, 0) is 48.0 Å². The van der Waals surface area contributed by atoms with E-state index in [2.05, 4.69) is 26.4 Å². The second kappa shape index (κ2) is 5.58. The van der Waals surface area contributed by atoms with Crippen molar-refractivity contribution in [3.05, 3.63) is 27.7 Å². The van der Waals surface area contributed by atoms with Gasteiger partial charge in [-0.25, -0.2) is 0 Å². The van der Waals surface area contributed by atoms with Gasteiger partial charge < -0.3 is 16.3 Å². The Hall–Kier alpha value is -1.27. The van der Waals surface area contributed by atoms with E-state index in [1.807, 2.05) is 0 Å². The van der Waals surface area contributed by atoms with Crippen molar-refractivity contribution in [2.75, 3.05) is 5.32 Å². The molecule has 0 aliphatic carbocycles. The van der Waals surface area contributed by atoms with Crippen LogP contribution in [0.3, 0.4) is 0 Å². The van der Waals surface area contributed by atoms with Crippen LogP contribution in [0, 0.1) is 5.41 Å². The smallest absolute Gasteiger partial charge is 0.237 e. The summed E-state index contributed by atoms with van der Waals surface area (Å²) < 4.78 is 0.652. The van der Waals surface area contributed by atoms with E-state index in [1.54, 1.807) is 32.0 Å². The third-order valence-corrected chi connectivity index (χ3v) is 3.39. The summed E-state index contributed by atoms with van der Waals surface area (Å²) in [6.45, 7) is 3.11. The summed E-state index contributed by atoms with van der Waals surface area (Å²) in [6, 6.07) is 4.97. The molecule has 1 aromatic carbocycles. The van der Waals surface area contributed by atoms with Crippen molar-refractivity contribution in [3.8, 4) is 0 Å². The number of rotatable bonds is 3. The van der Waals surface area contributed by atoms with Crippen LogP contribution in [0.1, 0.15) is 13.8 Å². The zero-order valence-corrected chi connectivity index (χ0v) is 12.2. The number of halogens is 2. The highest BCUT2D eigenvalue weighted by Crippen LogP contribution is 2.27. The zero-order chi connectivity index (χ0) is 13.9. The van der Waals surface area contributed by atoms with E-state index in [-0.39, 0.29) is 11.7 Å². The molecule has 0 fully saturated rings. The molecule has 7 heteroatoms. The monoisotopic (exact) mass is 333 g/mol. The summed E-state index contributed by atoms with van der Waals surface area (Å²) in [5.74, 6) is -0.550. The van der Waals surface area contributed by atoms with Crippen molar-refractivity contribution < 1.29 is 10.0 Å². The summed E-state index contributed by atoms with van der Waals surface area (Å²) in [5.41, 5.74) is 4.92. The average molecular weight is 335 g/mol. The van der Waals surface area contributed by atoms with Crippen molar-refractivity contribution in [1.29, 1.82) is 0 Å². The molecule has 0 heterocycles. The lowest BCUT2D eigenvalue weighted by atomic mass is 9.91. The van der Waals surface area contributed by atoms with Crippen LogP contribution in [0.25, 0.3) is 0 Å². The Morgan fingerprint density at radius 2 is 2.17 bits per heavy atom. The Kier molecular flexibility index (Phi) is 4.59. The first-order valence-electron chi connectivity index (χ1n) is 5.03. The van der Waals surface area contributed by atoms with E-state index in [0.717, 1.165) is 0 Å². The Labute approximate surface area is 118 Å². The maximum atomic E-state index is 12.0. The quantitative estimate of drug-likeness (QED) is 0.344. The number of hydrogen-bond acceptors (Lipinski definition) is 3. The first-order chi connectivity index (χ1) is 8.28. The van der Waals surface area contributed by atoms with Gasteiger partial charge in [0.25, 0.3) is 0 Å². The molecule has 0 aliphatic heterocycles. The molecule has 0 aromatic heterocycles. The molecule has 0 unspecified atom stereocenters. The number of anilines is 1. The number of nitrogens with one attached hydrogen (secondary N) is 1. The molecule has 1 aromatic rings. The van der Waals surface area contributed by atoms with E-state index in [0.29, 0.717) is 15.2 Å². The predicted octanol–water partition coefficient (Wildman–Crippen LogP) is 2.81. The summed E-state index contributed by atoms with van der Waals surface area (Å²) in [5, 5.41) is 14.7. The van der Waals surface area contributed by atoms with Crippen molar-refractivity contribution >= 4 is 45.0 Å². The molecule has 0 saturated heterocycles. The Balaban J connectivity index is 2.95. The number of amides is 1. The van der Waals surface area contributed by atoms with Crippen LogP contribution in [0.15, 0.2) is 27.8 Å². The lowest BCUT2D eigenvalue weighted by Gasteiger charge is -2.22. The molecule has 18 heavy (non-hydrogen) atoms. The Bertz CT molecular complexity index is 503. The van der Waals surface area contributed by atoms with E-state index in [1.165, 1.54) is 0 Å². The SMILES string of the molecule is CC(C)(C(=O)Nc1ccc(Cl)cc1Br)/C(N)=N/O. The van der Waals surface area contributed by atoms with Crippen molar-refractivity contribution in [2.45, 2.75) is 13.8 Å². The molecule has 4 N–H and O–H groups in total. The maximum Gasteiger partial charge on any atom is 0.237 e. The number of nitrogens with two attached hydrogens (primary N) is 1. The summed E-state index contributed by atoms with van der Waals surface area (Å²) in [4.78, 5) is 12.0. The fourth-order valence-electron chi connectivity index (χ4n) is 1.11. The standard InChI is InChI=1S/C11H13BrClN3O2/c1-11(2,9(14)16-18)10(17)15-8-4-3-6(13)5-7(8)12/h3-5,18H,1-2H3,(H2,14,16)(H,15,17). The molecule has 98 valence electrons. The highest BCUT2D eigenvalue weighted by Gasteiger charge is 2.33. The molecule has 0 saturated carbocycles. The summed E-state index contributed by atoms with van der Waals surface area (Å²) in [7, 11) is 0. The van der Waals surface area contributed by atoms with Crippen LogP contribution in [0.4, 0.5) is 5.69 Å². The third kappa shape index (κ3) is 3.14. The molecule has 0 spiro atoms. The van der Waals surface area contributed by atoms with Gasteiger partial charge in [0, 0.05) is 9.50 Å². The largest absolute Gasteiger partial charge is 0.409 e. The van der Waals surface area contributed by atoms with Gasteiger partial charge in [0.05, 0.1) is 5.69 Å². The van der Waals surface area contributed by atoms with E-state index in [9.17, 15) is 4.79 Å². The van der Waals surface area contributed by atoms with Gasteiger partial charge in [-0.15, -0.1) is 0 Å². The van der Waals surface area contributed by atoms with Crippen LogP contribution >= 0.6 is 27.5 Å². The fraction of sp³-hybridized carbons (Fsp3) is 0.273. The number of carbonyl (C=O) groups is 1. The van der Waals surface area contributed by atoms with Crippen molar-refractivity contribution in [2.24, 2.45) is 16.3 Å². The van der Waals surface area contributed by atoms with Gasteiger partial charge in [-0.3, -0.25) is 4.79 Å². The minimum absolute atomic E-state index is 0.162. The minimum atomic E-state index is -1.12. The third-order valence-electron chi connectivity index (χ3n) is 2.50. The van der Waals surface area contributed by atoms with E-state index in [4.69, 9.17) is 22.5 Å². The van der Waals surface area contributed by atoms with Gasteiger partial charge >= 0.3 is 0 Å². The number of amidine groups is 1. The Morgan fingerprint density at radius 3 is 2.67 bits per heavy atom. The molecular formula is C11H13BrClN3O2. The summed E-state index contributed by atoms with van der Waals surface area (Å²) >= 11 is 9.09. The van der Waals surface area contributed by atoms with Crippen LogP contribution in [-0.4, -0.2) is 17.0 Å². The van der Waals surface area contributed by atoms with Gasteiger partial charge in [0.2, 0.25) is 5.91 Å². The average Bonchev–Trinajstić information content (AvgIpc) is 2.31. The first kappa shape index (κ1) is 14.8. The van der Waals surface area contributed by atoms with Crippen LogP contribution in [0.5, 0.6) is 0 Å². The van der Waals surface area contributed by atoms with Gasteiger partial charge in [0.15, 0.2) is 5.84 Å². The van der Waals surface area contributed by atoms with Crippen LogP contribution < -0.4 is 11.1 Å². The lowest BCUT2D eigenvalue weighted by Crippen LogP contribution is -2.42. The highest BCUT2D eigenvalue weighted by atomic mass is 79.9. The van der Waals surface area contributed by atoms with E-state index >= 15 is 0 Å². The van der Waals surface area contributed by atoms with Crippen molar-refractivity contribution in [3.63, 3.8) is 0 Å². The molecule has 5 nitrogen and oxygen atoms in total. The van der Waals surface area contributed by atoms with Gasteiger partial charge in [-0.1, -0.05) is 16.8 Å². The highest BCUT2D eigenvalue weighted by molar-refractivity contribution is 9.10. The van der Waals surface area contributed by atoms with E-state index < -0.39 is 5.41 Å². The molecule has 1 rings (SSSR count). The maximum absolute atomic E-state index is 12.0. The second-order valence-corrected chi connectivity index (χ2v) is 5.48. The molecular weight excluding hydrogens is 321 g/mol. The normalized spacial score (nSPS) is 12.3. The van der Waals surface area contributed by atoms with Crippen molar-refractivity contribution in [1.82, 2.24) is 0 Å². The molecule has 1 amide bonds. The number of nitrogens with zero attached hydrogens (tertiary/aromatic N) is 1. The second-order valence-electron chi connectivity index (χ2n) is 4.19. The zero-order valence-electron chi connectivity index (χ0n) is 9.87. The number of hydrogen-bond donors (Lipinski definition) is 3.